The zero-order valence-corrected chi connectivity index (χ0v) is 7.71. The third kappa shape index (κ3) is 2.17. The van der Waals surface area contributed by atoms with E-state index < -0.39 is 0 Å². The van der Waals surface area contributed by atoms with Crippen molar-refractivity contribution >= 4 is 0 Å². The fourth-order valence-corrected chi connectivity index (χ4v) is 1.97. The van der Waals surface area contributed by atoms with Crippen molar-refractivity contribution in [1.82, 2.24) is 4.90 Å². The maximum atomic E-state index is 6.03. The van der Waals surface area contributed by atoms with E-state index in [4.69, 9.17) is 5.73 Å². The predicted octanol–water partition coefficient (Wildman–Crippen LogP) is 1.41. The first kappa shape index (κ1) is 9.01. The summed E-state index contributed by atoms with van der Waals surface area (Å²) in [5, 5.41) is 0. The summed E-state index contributed by atoms with van der Waals surface area (Å²) in [5.41, 5.74) is 6.03. The minimum atomic E-state index is 0.323. The Morgan fingerprint density at radius 3 is 2.91 bits per heavy atom. The molecule has 0 aromatic rings. The molecular formula is C9H20N2. The van der Waals surface area contributed by atoms with Gasteiger partial charge in [-0.25, -0.2) is 0 Å². The molecule has 1 fully saturated rings. The van der Waals surface area contributed by atoms with Gasteiger partial charge in [-0.15, -0.1) is 0 Å². The van der Waals surface area contributed by atoms with Gasteiger partial charge in [0, 0.05) is 0 Å². The van der Waals surface area contributed by atoms with Crippen LogP contribution in [0, 0.1) is 5.92 Å². The molecule has 0 spiro atoms. The van der Waals surface area contributed by atoms with Gasteiger partial charge in [-0.05, 0) is 38.8 Å². The van der Waals surface area contributed by atoms with E-state index in [2.05, 4.69) is 18.9 Å². The van der Waals surface area contributed by atoms with Gasteiger partial charge in [0.2, 0.25) is 0 Å². The van der Waals surface area contributed by atoms with Crippen LogP contribution in [-0.2, 0) is 0 Å². The molecule has 2 unspecified atom stereocenters. The molecule has 1 heterocycles. The van der Waals surface area contributed by atoms with E-state index in [1.165, 1.54) is 32.2 Å². The molecule has 1 rings (SSSR count). The monoisotopic (exact) mass is 156 g/mol. The maximum absolute atomic E-state index is 6.03. The van der Waals surface area contributed by atoms with Gasteiger partial charge in [0.25, 0.3) is 0 Å². The van der Waals surface area contributed by atoms with Gasteiger partial charge in [-0.1, -0.05) is 13.3 Å². The summed E-state index contributed by atoms with van der Waals surface area (Å²) in [6.07, 6.45) is 5.55. The summed E-state index contributed by atoms with van der Waals surface area (Å²) >= 11 is 0. The zero-order chi connectivity index (χ0) is 8.27. The first-order valence-electron chi connectivity index (χ1n) is 4.71. The molecule has 2 nitrogen and oxygen atoms in total. The molecule has 1 aliphatic rings. The molecule has 0 aromatic carbocycles. The quantitative estimate of drug-likeness (QED) is 0.655. The molecule has 0 radical (unpaired) electrons. The molecule has 1 saturated heterocycles. The fraction of sp³-hybridized carbons (Fsp3) is 1.00. The Kier molecular flexibility index (Phi) is 3.34. The minimum Gasteiger partial charge on any atom is -0.316 e. The number of hydrogen-bond acceptors (Lipinski definition) is 2. The maximum Gasteiger partial charge on any atom is 0.0598 e. The highest BCUT2D eigenvalue weighted by molar-refractivity contribution is 4.77. The Hall–Kier alpha value is -0.0800. The van der Waals surface area contributed by atoms with Gasteiger partial charge in [0.05, 0.1) is 6.17 Å². The van der Waals surface area contributed by atoms with Crippen LogP contribution in [-0.4, -0.2) is 24.7 Å². The lowest BCUT2D eigenvalue weighted by Gasteiger charge is -2.36. The molecule has 66 valence electrons. The van der Waals surface area contributed by atoms with Gasteiger partial charge in [0.15, 0.2) is 0 Å². The first-order valence-corrected chi connectivity index (χ1v) is 4.71. The van der Waals surface area contributed by atoms with E-state index in [0.29, 0.717) is 6.17 Å². The molecule has 0 saturated carbocycles. The van der Waals surface area contributed by atoms with Crippen LogP contribution in [0.1, 0.15) is 32.6 Å². The highest BCUT2D eigenvalue weighted by Crippen LogP contribution is 2.22. The van der Waals surface area contributed by atoms with Crippen LogP contribution >= 0.6 is 0 Å². The van der Waals surface area contributed by atoms with E-state index in [0.717, 1.165) is 5.92 Å². The molecule has 0 aliphatic carbocycles. The number of rotatable bonds is 2. The summed E-state index contributed by atoms with van der Waals surface area (Å²) in [6, 6.07) is 0. The molecule has 0 amide bonds. The predicted molar refractivity (Wildman–Crippen MR) is 48.2 cm³/mol. The second kappa shape index (κ2) is 4.07. The summed E-state index contributed by atoms with van der Waals surface area (Å²) in [5.74, 6) is 0.749. The van der Waals surface area contributed by atoms with Crippen molar-refractivity contribution in [2.24, 2.45) is 11.7 Å². The summed E-state index contributed by atoms with van der Waals surface area (Å²) in [7, 11) is 2.13. The van der Waals surface area contributed by atoms with Crippen molar-refractivity contribution in [2.75, 3.05) is 13.6 Å². The van der Waals surface area contributed by atoms with Crippen LogP contribution < -0.4 is 5.73 Å². The first-order chi connectivity index (χ1) is 5.25. The smallest absolute Gasteiger partial charge is 0.0598 e. The summed E-state index contributed by atoms with van der Waals surface area (Å²) < 4.78 is 0. The van der Waals surface area contributed by atoms with Gasteiger partial charge in [0.1, 0.15) is 0 Å². The highest BCUT2D eigenvalue weighted by atomic mass is 15.2. The van der Waals surface area contributed by atoms with E-state index in [9.17, 15) is 0 Å². The van der Waals surface area contributed by atoms with Crippen molar-refractivity contribution in [3.8, 4) is 0 Å². The van der Waals surface area contributed by atoms with E-state index >= 15 is 0 Å². The van der Waals surface area contributed by atoms with E-state index in [1.54, 1.807) is 0 Å². The van der Waals surface area contributed by atoms with Gasteiger partial charge in [-0.2, -0.15) is 0 Å². The van der Waals surface area contributed by atoms with Crippen LogP contribution in [0.3, 0.4) is 0 Å². The van der Waals surface area contributed by atoms with Gasteiger partial charge >= 0.3 is 0 Å². The lowest BCUT2D eigenvalue weighted by molar-refractivity contribution is 0.119. The highest BCUT2D eigenvalue weighted by Gasteiger charge is 2.24. The lowest BCUT2D eigenvalue weighted by atomic mass is 9.91. The van der Waals surface area contributed by atoms with Crippen LogP contribution in [0.2, 0.25) is 0 Å². The zero-order valence-electron chi connectivity index (χ0n) is 7.71. The standard InChI is InChI=1S/C9H20N2/c1-3-5-8-6-4-7-11(2)9(8)10/h8-9H,3-7,10H2,1-2H3. The van der Waals surface area contributed by atoms with Crippen LogP contribution in [0.5, 0.6) is 0 Å². The second-order valence-corrected chi connectivity index (χ2v) is 3.66. The Balaban J connectivity index is 2.38. The van der Waals surface area contributed by atoms with Crippen molar-refractivity contribution in [2.45, 2.75) is 38.8 Å². The SMILES string of the molecule is CCCC1CCCN(C)C1N. The number of nitrogens with zero attached hydrogens (tertiary/aromatic N) is 1. The molecule has 0 aromatic heterocycles. The molecule has 1 aliphatic heterocycles. The van der Waals surface area contributed by atoms with Gasteiger partial charge < -0.3 is 5.73 Å². The molecule has 2 N–H and O–H groups in total. The minimum absolute atomic E-state index is 0.323. The Bertz CT molecular complexity index is 112. The molecular weight excluding hydrogens is 136 g/mol. The number of likely N-dealkylation sites (tertiary alicyclic amines) is 1. The van der Waals surface area contributed by atoms with E-state index in [-0.39, 0.29) is 0 Å². The Morgan fingerprint density at radius 1 is 1.55 bits per heavy atom. The number of hydrogen-bond donors (Lipinski definition) is 1. The number of piperidine rings is 1. The molecule has 0 bridgehead atoms. The van der Waals surface area contributed by atoms with Crippen LogP contribution in [0.4, 0.5) is 0 Å². The average Bonchev–Trinajstić information content (AvgIpc) is 1.99. The Morgan fingerprint density at radius 2 is 2.27 bits per heavy atom. The third-order valence-corrected chi connectivity index (χ3v) is 2.74. The van der Waals surface area contributed by atoms with Crippen molar-refractivity contribution in [3.05, 3.63) is 0 Å². The normalized spacial score (nSPS) is 34.1. The molecule has 11 heavy (non-hydrogen) atoms. The fourth-order valence-electron chi connectivity index (χ4n) is 1.97. The largest absolute Gasteiger partial charge is 0.316 e. The average molecular weight is 156 g/mol. The molecule has 2 heteroatoms. The van der Waals surface area contributed by atoms with Crippen LogP contribution in [0.15, 0.2) is 0 Å². The van der Waals surface area contributed by atoms with Crippen LogP contribution in [0.25, 0.3) is 0 Å². The lowest BCUT2D eigenvalue weighted by Crippen LogP contribution is -2.48. The number of nitrogens with two attached hydrogens (primary N) is 1. The van der Waals surface area contributed by atoms with Gasteiger partial charge in [-0.3, -0.25) is 4.90 Å². The molecule has 2 atom stereocenters. The van der Waals surface area contributed by atoms with Crippen molar-refractivity contribution in [3.63, 3.8) is 0 Å². The Labute approximate surface area is 69.8 Å². The summed E-state index contributed by atoms with van der Waals surface area (Å²) in [6.45, 7) is 3.42. The van der Waals surface area contributed by atoms with Crippen molar-refractivity contribution < 1.29 is 0 Å². The second-order valence-electron chi connectivity index (χ2n) is 3.66. The topological polar surface area (TPSA) is 29.3 Å². The van der Waals surface area contributed by atoms with Crippen molar-refractivity contribution in [1.29, 1.82) is 0 Å². The van der Waals surface area contributed by atoms with E-state index in [1.807, 2.05) is 0 Å². The summed E-state index contributed by atoms with van der Waals surface area (Å²) in [4.78, 5) is 2.28. The third-order valence-electron chi connectivity index (χ3n) is 2.74.